The van der Waals surface area contributed by atoms with E-state index in [1.54, 1.807) is 6.20 Å². The maximum Gasteiger partial charge on any atom is 0.163 e. The van der Waals surface area contributed by atoms with Crippen molar-refractivity contribution in [1.29, 1.82) is 0 Å². The summed E-state index contributed by atoms with van der Waals surface area (Å²) in [5, 5.41) is 20.3. The van der Waals surface area contributed by atoms with Gasteiger partial charge in [-0.25, -0.2) is 13.4 Å². The number of hydrogen-bond donors (Lipinski definition) is 2. The van der Waals surface area contributed by atoms with E-state index < -0.39 is 32.8 Å². The smallest absolute Gasteiger partial charge is 0.163 e. The number of morpholine rings is 1. The van der Waals surface area contributed by atoms with E-state index in [4.69, 9.17) is 14.2 Å². The molecule has 0 bridgehead atoms. The molecule has 10 saturated heterocycles. The average Bonchev–Trinajstić information content (AvgIpc) is 1.42. The molecule has 1 aromatic rings. The third-order valence-corrected chi connectivity index (χ3v) is 32.1. The summed E-state index contributed by atoms with van der Waals surface area (Å²) in [5.41, 5.74) is 2.44. The van der Waals surface area contributed by atoms with Crippen LogP contribution in [0.5, 0.6) is 0 Å². The first-order valence-electron chi connectivity index (χ1n) is 47.3. The first-order chi connectivity index (χ1) is 54.2. The lowest BCUT2D eigenvalue weighted by atomic mass is 9.79. The van der Waals surface area contributed by atoms with Gasteiger partial charge in [-0.15, -0.1) is 0 Å². The zero-order valence-electron chi connectivity index (χ0n) is 88.0. The van der Waals surface area contributed by atoms with E-state index in [9.17, 15) is 22.8 Å². The highest BCUT2D eigenvalue weighted by Gasteiger charge is 2.49. The number of nitrogens with zero attached hydrogens (tertiary/aromatic N) is 12. The zero-order valence-corrected chi connectivity index (χ0v) is 90.4. The zero-order chi connectivity index (χ0) is 94.4. The van der Waals surface area contributed by atoms with Crippen LogP contribution in [0.3, 0.4) is 0 Å². The Labute approximate surface area is 756 Å². The normalized spacial score (nSPS) is 33.2. The number of imidazole rings is 1. The monoisotopic (exact) mass is 1770 g/mol. The van der Waals surface area contributed by atoms with E-state index in [1.807, 2.05) is 40.2 Å². The molecule has 20 nitrogen and oxygen atoms in total. The lowest BCUT2D eigenvalue weighted by molar-refractivity contribution is -0.158. The van der Waals surface area contributed by atoms with E-state index in [1.165, 1.54) is 58.8 Å². The number of sulfone groups is 1. The van der Waals surface area contributed by atoms with Gasteiger partial charge in [0, 0.05) is 223 Å². The summed E-state index contributed by atoms with van der Waals surface area (Å²) in [7, 11) is -1.27. The number of likely N-dealkylation sites (N-methyl/N-ethyl adjacent to an activating group) is 1. The summed E-state index contributed by atoms with van der Waals surface area (Å²) in [6.07, 6.45) is 7.17. The van der Waals surface area contributed by atoms with Gasteiger partial charge in [0.05, 0.1) is 41.2 Å². The number of thioether (sulfide) groups is 1. The fraction of sp³-hybridized carbons (Fsp3) is 0.969. The number of aliphatic hydroxyl groups excluding tert-OH is 2. The molecule has 11 heterocycles. The molecule has 13 unspecified atom stereocenters. The van der Waals surface area contributed by atoms with E-state index in [0.717, 1.165) is 73.4 Å². The molecule has 17 atom stereocenters. The SMILES string of the molecule is CC(C)(C)N1C[C@@H](O)[C@@H](O)C1.CC(C)(C)n1ccnc1.CC1(C)O[C@H]2CN(C(C)(C)C)C[C@H]2O1.CC1CCN(C(C)(C)C)C1.CC1CN(C(C)(C)C)CC(C)C1C.CC1CN(C(C)(C)C)CC(C)N1C.CC1CN(C(C)(C)C)CC(C)O1.CC1CN(C(C)(C)C)CC(C)S1.CC1CN(C(C)(C)C)CC(C)S1(=O)=O.CC1CN(C(C)(C)C)CC(C)S1=O. The van der Waals surface area contributed by atoms with Gasteiger partial charge < -0.3 is 29.0 Å². The Bertz CT molecular complexity index is 3030. The van der Waals surface area contributed by atoms with E-state index >= 15 is 0 Å². The Morgan fingerprint density at radius 1 is 0.397 bits per heavy atom. The van der Waals surface area contributed by atoms with Crippen LogP contribution in [0.25, 0.3) is 0 Å². The molecule has 0 aromatic carbocycles. The second-order valence-electron chi connectivity index (χ2n) is 49.0. The maximum absolute atomic E-state index is 11.8. The molecule has 1 aromatic heterocycles. The molecule has 11 rings (SSSR count). The van der Waals surface area contributed by atoms with Crippen LogP contribution < -0.4 is 0 Å². The highest BCUT2D eigenvalue weighted by atomic mass is 32.2. The van der Waals surface area contributed by atoms with Crippen LogP contribution in [0.15, 0.2) is 18.7 Å². The minimum absolute atomic E-state index is 0.0540. The van der Waals surface area contributed by atoms with E-state index in [2.05, 4.69) is 368 Å². The molecule has 121 heavy (non-hydrogen) atoms. The predicted molar refractivity (Wildman–Crippen MR) is 524 cm³/mol. The molecule has 0 amide bonds. The van der Waals surface area contributed by atoms with Gasteiger partial charge in [0.2, 0.25) is 0 Å². The third kappa shape index (κ3) is 40.4. The Kier molecular flexibility index (Phi) is 45.0. The number of aromatic nitrogens is 2. The number of ether oxygens (including phenoxy) is 3. The molecule has 10 aliphatic rings. The van der Waals surface area contributed by atoms with E-state index in [-0.39, 0.29) is 61.7 Å². The van der Waals surface area contributed by atoms with Crippen molar-refractivity contribution in [3.05, 3.63) is 18.7 Å². The van der Waals surface area contributed by atoms with Crippen molar-refractivity contribution in [2.24, 2.45) is 23.7 Å². The highest BCUT2D eigenvalue weighted by Crippen LogP contribution is 2.37. The average molecular weight is 1770 g/mol. The Hall–Kier alpha value is -0.940. The van der Waals surface area contributed by atoms with Crippen LogP contribution in [0, 0.1) is 23.7 Å². The molecule has 720 valence electrons. The number of piperazine rings is 1. The van der Waals surface area contributed by atoms with Crippen LogP contribution in [0.1, 0.15) is 325 Å². The van der Waals surface area contributed by atoms with Crippen molar-refractivity contribution in [3.63, 3.8) is 0 Å². The second kappa shape index (κ2) is 46.9. The van der Waals surface area contributed by atoms with Crippen LogP contribution >= 0.6 is 11.8 Å². The molecule has 2 N–H and O–H groups in total. The highest BCUT2D eigenvalue weighted by molar-refractivity contribution is 8.00. The van der Waals surface area contributed by atoms with Gasteiger partial charge in [0.1, 0.15) is 12.2 Å². The largest absolute Gasteiger partial charge is 0.389 e. The van der Waals surface area contributed by atoms with Gasteiger partial charge in [-0.1, -0.05) is 41.5 Å². The molecule has 23 heteroatoms. The quantitative estimate of drug-likeness (QED) is 0.251. The lowest BCUT2D eigenvalue weighted by Crippen LogP contribution is -2.59. The topological polar surface area (TPSA) is 170 Å². The number of aliphatic hydroxyl groups is 2. The van der Waals surface area contributed by atoms with Crippen molar-refractivity contribution >= 4 is 32.4 Å². The molecular formula is C98H202N12O8S3. The fourth-order valence-corrected chi connectivity index (χ4v) is 21.4. The summed E-state index contributed by atoms with van der Waals surface area (Å²) in [5.74, 6) is 3.13. The predicted octanol–water partition coefficient (Wildman–Crippen LogP) is 17.4. The first-order valence-corrected chi connectivity index (χ1v) is 51.1. The Balaban J connectivity index is 0.000000457. The number of hydrogen-bond acceptors (Lipinski definition) is 20. The molecule has 0 aliphatic carbocycles. The number of fused-ring (bicyclic) bond motifs is 1. The molecule has 10 fully saturated rings. The standard InChI is InChI=1S/C12H25N.C11H24N2.C11H21NO2.C10H21NO2S.C10H21NOS.C10H21NO.C10H21NS.C9H19N.C8H17NO2.C7H12N2/c1-9-7-13(12(4,5)6)8-10(2)11(9)3;1-9-7-13(11(3,4)5)8-10(2)12(9)6;1-10(2,3)12-6-8-9(7-12)14-11(4,5)13-8;1-8-6-11(10(3,4)5)7-9(2)14(8,12)13;1-8-6-11(10(3,4)5)7-9(2)13(8)12;2*1-8-6-11(10(3,4)5)7-9(2)12-8;1-8-5-6-10(7-8)9(2,3)4;1-8(2,3)9-4-6(10)7(11)5-9;1-7(2,3)9-5-4-8-6-9/h9-11H,7-8H2,1-6H3;9-10H,7-8H2,1-6H3;2*8-9H,6-7H2,1-5H3;8-9H,6-7H2,1-5H3;2*8-9H,6-7H2,1-5H3;8H,5-7H2,1-4H3;6-7,10-11H,4-5H2,1-3H3;4-6H,1-3H3/t;;8-,9+;;;;;;6-,7+;. The van der Waals surface area contributed by atoms with Crippen LogP contribution in [0.2, 0.25) is 0 Å². The minimum atomic E-state index is -2.88. The second-order valence-corrected chi connectivity index (χ2v) is 55.9. The van der Waals surface area contributed by atoms with Crippen molar-refractivity contribution in [3.8, 4) is 0 Å². The Morgan fingerprint density at radius 3 is 0.992 bits per heavy atom. The summed E-state index contributed by atoms with van der Waals surface area (Å²) >= 11 is 2.12. The minimum Gasteiger partial charge on any atom is -0.389 e. The first kappa shape index (κ1) is 116. The van der Waals surface area contributed by atoms with Crippen LogP contribution in [-0.2, 0) is 40.4 Å². The van der Waals surface area contributed by atoms with E-state index in [0.29, 0.717) is 83.1 Å². The van der Waals surface area contributed by atoms with Crippen molar-refractivity contribution in [2.45, 2.75) is 466 Å². The lowest BCUT2D eigenvalue weighted by Gasteiger charge is -2.48. The van der Waals surface area contributed by atoms with Crippen molar-refractivity contribution < 1.29 is 37.1 Å². The van der Waals surface area contributed by atoms with Gasteiger partial charge in [0.15, 0.2) is 15.6 Å². The molecule has 10 aliphatic heterocycles. The number of rotatable bonds is 0. The summed E-state index contributed by atoms with van der Waals surface area (Å²) < 4.78 is 54.6. The molecule has 0 spiro atoms. The maximum atomic E-state index is 11.8. The van der Waals surface area contributed by atoms with Crippen LogP contribution in [-0.4, -0.2) is 342 Å². The van der Waals surface area contributed by atoms with Gasteiger partial charge in [-0.05, 0) is 321 Å². The van der Waals surface area contributed by atoms with Crippen LogP contribution in [0.4, 0.5) is 0 Å². The van der Waals surface area contributed by atoms with Gasteiger partial charge in [0.25, 0.3) is 0 Å². The summed E-state index contributed by atoms with van der Waals surface area (Å²) in [6.45, 7) is 120. The summed E-state index contributed by atoms with van der Waals surface area (Å²) in [6, 6.07) is 1.37. The summed E-state index contributed by atoms with van der Waals surface area (Å²) in [4.78, 5) is 28.5. The molecule has 0 radical (unpaired) electrons. The van der Waals surface area contributed by atoms with Gasteiger partial charge >= 0.3 is 0 Å². The van der Waals surface area contributed by atoms with Crippen molar-refractivity contribution in [2.75, 3.05) is 125 Å². The Morgan fingerprint density at radius 2 is 0.702 bits per heavy atom. The van der Waals surface area contributed by atoms with Gasteiger partial charge in [-0.2, -0.15) is 11.8 Å². The number of likely N-dealkylation sites (tertiary alicyclic amines) is 4. The van der Waals surface area contributed by atoms with Crippen molar-refractivity contribution in [1.82, 2.24) is 58.6 Å². The third-order valence-electron chi connectivity index (χ3n) is 26.4. The van der Waals surface area contributed by atoms with Gasteiger partial charge in [-0.3, -0.25) is 53.2 Å². The fourth-order valence-electron chi connectivity index (χ4n) is 17.0. The molecular weight excluding hydrogens is 1570 g/mol. The number of piperidine rings is 1. The number of β-amino-alcohol motifs (C(OH)–C–C–N with tert-alkyl or cyclic N) is 2. The molecule has 0 saturated carbocycles.